The number of anilines is 2. The largest absolute Gasteiger partial charge is 0.573 e. The van der Waals surface area contributed by atoms with E-state index in [4.69, 9.17) is 17.3 Å². The number of pyridine rings is 1. The Bertz CT molecular complexity index is 1900. The molecule has 2 aromatic carbocycles. The van der Waals surface area contributed by atoms with Crippen LogP contribution in [0.3, 0.4) is 0 Å². The van der Waals surface area contributed by atoms with Crippen molar-refractivity contribution in [1.82, 2.24) is 30.1 Å². The predicted molar refractivity (Wildman–Crippen MR) is 184 cm³/mol. The number of halogens is 4. The second-order valence-corrected chi connectivity index (χ2v) is 12.4. The zero-order valence-electron chi connectivity index (χ0n) is 27.5. The molecule has 2 aromatic heterocycles. The van der Waals surface area contributed by atoms with Crippen LogP contribution in [0.15, 0.2) is 60.9 Å². The van der Waals surface area contributed by atoms with Crippen molar-refractivity contribution in [3.8, 4) is 28.1 Å². The summed E-state index contributed by atoms with van der Waals surface area (Å²) in [6.45, 7) is 2.65. The van der Waals surface area contributed by atoms with Crippen LogP contribution in [0.5, 0.6) is 5.75 Å². The first kappa shape index (κ1) is 35.5. The van der Waals surface area contributed by atoms with Gasteiger partial charge < -0.3 is 40.8 Å². The highest BCUT2D eigenvalue weighted by Crippen LogP contribution is 2.41. The van der Waals surface area contributed by atoms with E-state index in [0.717, 1.165) is 18.9 Å². The van der Waals surface area contributed by atoms with E-state index in [1.807, 2.05) is 4.90 Å². The fraction of sp³-hybridized carbons (Fsp3) is 0.324. The Morgan fingerprint density at radius 1 is 1.00 bits per heavy atom. The number of urea groups is 1. The molecule has 5 N–H and O–H groups in total. The molecule has 2 fully saturated rings. The monoisotopic (exact) mass is 725 g/mol. The summed E-state index contributed by atoms with van der Waals surface area (Å²) >= 11 is 6.51. The van der Waals surface area contributed by atoms with Crippen molar-refractivity contribution in [2.24, 2.45) is 5.73 Å². The topological polar surface area (TPSA) is 162 Å². The van der Waals surface area contributed by atoms with Gasteiger partial charge in [0, 0.05) is 57.6 Å². The summed E-state index contributed by atoms with van der Waals surface area (Å²) < 4.78 is 45.1. The SMILES string of the molecule is CNC(=O)N1CCN(c2ccc(C(=O)Nc3cc(OC(F)(F)F)c(-c4ccc(-c5cnc(C6CCCN6C(=O)CN)[nH]5)cc4)cc3Cl)cn2)CC1. The van der Waals surface area contributed by atoms with Crippen molar-refractivity contribution in [2.45, 2.75) is 25.2 Å². The lowest BCUT2D eigenvalue weighted by molar-refractivity contribution is -0.274. The van der Waals surface area contributed by atoms with Crippen LogP contribution in [-0.2, 0) is 4.79 Å². The first-order valence-electron chi connectivity index (χ1n) is 16.2. The van der Waals surface area contributed by atoms with Gasteiger partial charge in [-0.2, -0.15) is 0 Å². The molecule has 0 saturated carbocycles. The maximum absolute atomic E-state index is 13.6. The molecule has 17 heteroatoms. The Morgan fingerprint density at radius 3 is 2.37 bits per heavy atom. The molecule has 0 aliphatic carbocycles. The molecular formula is C34H35ClF3N9O4. The summed E-state index contributed by atoms with van der Waals surface area (Å²) in [4.78, 5) is 54.7. The van der Waals surface area contributed by atoms with E-state index >= 15 is 0 Å². The second-order valence-electron chi connectivity index (χ2n) is 12.0. The lowest BCUT2D eigenvalue weighted by atomic mass is 10.0. The maximum Gasteiger partial charge on any atom is 0.573 e. The maximum atomic E-state index is 13.6. The van der Waals surface area contributed by atoms with E-state index in [9.17, 15) is 27.6 Å². The van der Waals surface area contributed by atoms with E-state index in [0.29, 0.717) is 61.2 Å². The van der Waals surface area contributed by atoms with Crippen LogP contribution < -0.4 is 26.0 Å². The Balaban J connectivity index is 1.17. The zero-order valence-corrected chi connectivity index (χ0v) is 28.2. The van der Waals surface area contributed by atoms with Gasteiger partial charge in [0.15, 0.2) is 0 Å². The van der Waals surface area contributed by atoms with Gasteiger partial charge in [-0.25, -0.2) is 14.8 Å². The van der Waals surface area contributed by atoms with Crippen LogP contribution in [0.2, 0.25) is 5.02 Å². The van der Waals surface area contributed by atoms with Crippen LogP contribution in [0, 0.1) is 0 Å². The fourth-order valence-corrected chi connectivity index (χ4v) is 6.44. The number of nitrogens with zero attached hydrogens (tertiary/aromatic N) is 5. The third-order valence-corrected chi connectivity index (χ3v) is 9.14. The van der Waals surface area contributed by atoms with Crippen molar-refractivity contribution in [1.29, 1.82) is 0 Å². The molecule has 2 aliphatic heterocycles. The van der Waals surface area contributed by atoms with E-state index < -0.39 is 18.0 Å². The molecular weight excluding hydrogens is 691 g/mol. The number of benzene rings is 2. The second kappa shape index (κ2) is 14.9. The highest BCUT2D eigenvalue weighted by molar-refractivity contribution is 6.34. The number of rotatable bonds is 8. The molecule has 0 radical (unpaired) electrons. The normalized spacial score (nSPS) is 16.3. The van der Waals surface area contributed by atoms with Gasteiger partial charge in [-0.3, -0.25) is 9.59 Å². The van der Waals surface area contributed by atoms with Gasteiger partial charge in [0.2, 0.25) is 5.91 Å². The number of carbonyl (C=O) groups excluding carboxylic acids is 3. The summed E-state index contributed by atoms with van der Waals surface area (Å²) in [5.41, 5.74) is 7.44. The quantitative estimate of drug-likeness (QED) is 0.197. The zero-order chi connectivity index (χ0) is 36.3. The van der Waals surface area contributed by atoms with Crippen molar-refractivity contribution in [3.05, 3.63) is 77.3 Å². The number of aromatic nitrogens is 3. The molecule has 4 heterocycles. The molecule has 6 rings (SSSR count). The predicted octanol–water partition coefficient (Wildman–Crippen LogP) is 5.03. The van der Waals surface area contributed by atoms with Crippen LogP contribution in [-0.4, -0.2) is 95.3 Å². The Morgan fingerprint density at radius 2 is 1.73 bits per heavy atom. The van der Waals surface area contributed by atoms with E-state index in [1.54, 1.807) is 59.4 Å². The molecule has 13 nitrogen and oxygen atoms in total. The van der Waals surface area contributed by atoms with E-state index in [-0.39, 0.29) is 46.4 Å². The minimum atomic E-state index is -5.03. The molecule has 2 aliphatic rings. The highest BCUT2D eigenvalue weighted by atomic mass is 35.5. The Kier molecular flexibility index (Phi) is 10.3. The van der Waals surface area contributed by atoms with Crippen molar-refractivity contribution >= 4 is 41.0 Å². The van der Waals surface area contributed by atoms with Gasteiger partial charge in [0.05, 0.1) is 40.8 Å². The summed E-state index contributed by atoms with van der Waals surface area (Å²) in [5, 5.41) is 5.15. The number of hydrogen-bond acceptors (Lipinski definition) is 8. The Hall–Kier alpha value is -5.35. The molecule has 1 atom stereocenters. The van der Waals surface area contributed by atoms with E-state index in [1.165, 1.54) is 12.3 Å². The molecule has 268 valence electrons. The number of alkyl halides is 3. The average Bonchev–Trinajstić information content (AvgIpc) is 3.83. The van der Waals surface area contributed by atoms with Gasteiger partial charge in [-0.1, -0.05) is 35.9 Å². The standard InChI is InChI=1S/C34H35ClF3N9O4/c1-40-33(50)46-13-11-45(12-14-46)29-9-8-22(18-41-29)32(49)44-25-16-28(51-34(36,37)38)23(15-24(25)35)20-4-6-21(7-5-20)26-19-42-31(43-26)27-3-2-10-47(27)30(48)17-39/h4-9,15-16,18-19,27H,2-3,10-14,17,39H2,1H3,(H,40,50)(H,42,43)(H,44,49). The average molecular weight is 726 g/mol. The minimum absolute atomic E-state index is 0.0122. The van der Waals surface area contributed by atoms with Gasteiger partial charge in [-0.05, 0) is 42.2 Å². The smallest absolute Gasteiger partial charge is 0.405 e. The number of amides is 4. The molecule has 1 unspecified atom stereocenters. The molecule has 0 bridgehead atoms. The van der Waals surface area contributed by atoms with Gasteiger partial charge in [0.25, 0.3) is 5.91 Å². The number of likely N-dealkylation sites (tertiary alicyclic amines) is 1. The fourth-order valence-electron chi connectivity index (χ4n) is 6.23. The van der Waals surface area contributed by atoms with Crippen LogP contribution in [0.25, 0.3) is 22.4 Å². The van der Waals surface area contributed by atoms with Crippen molar-refractivity contribution < 1.29 is 32.3 Å². The number of aromatic amines is 1. The lowest BCUT2D eigenvalue weighted by Gasteiger charge is -2.35. The number of nitrogens with one attached hydrogen (secondary N) is 3. The lowest BCUT2D eigenvalue weighted by Crippen LogP contribution is -2.51. The van der Waals surface area contributed by atoms with Crippen molar-refractivity contribution in [2.75, 3.05) is 56.5 Å². The first-order valence-corrected chi connectivity index (χ1v) is 16.6. The summed E-state index contributed by atoms with van der Waals surface area (Å²) in [6, 6.07) is 11.8. The number of H-pyrrole nitrogens is 1. The number of imidazole rings is 1. The molecule has 0 spiro atoms. The first-order chi connectivity index (χ1) is 24.4. The molecule has 51 heavy (non-hydrogen) atoms. The van der Waals surface area contributed by atoms with Gasteiger partial charge >= 0.3 is 12.4 Å². The Labute approximate surface area is 295 Å². The third-order valence-electron chi connectivity index (χ3n) is 8.82. The highest BCUT2D eigenvalue weighted by Gasteiger charge is 2.34. The van der Waals surface area contributed by atoms with Crippen LogP contribution >= 0.6 is 11.6 Å². The van der Waals surface area contributed by atoms with Gasteiger partial charge in [0.1, 0.15) is 17.4 Å². The summed E-state index contributed by atoms with van der Waals surface area (Å²) in [7, 11) is 1.57. The number of nitrogens with two attached hydrogens (primary N) is 1. The number of ether oxygens (including phenoxy) is 1. The molecule has 4 aromatic rings. The van der Waals surface area contributed by atoms with E-state index in [2.05, 4.69) is 30.3 Å². The number of hydrogen-bond donors (Lipinski definition) is 4. The summed E-state index contributed by atoms with van der Waals surface area (Å²) in [6.07, 6.45) is -0.445. The molecule has 2 saturated heterocycles. The van der Waals surface area contributed by atoms with Crippen LogP contribution in [0.1, 0.15) is 35.1 Å². The number of carbonyl (C=O) groups is 3. The summed E-state index contributed by atoms with van der Waals surface area (Å²) in [5.74, 6) is -0.109. The molecule has 4 amide bonds. The van der Waals surface area contributed by atoms with Crippen LogP contribution in [0.4, 0.5) is 29.5 Å². The van der Waals surface area contributed by atoms with Crippen molar-refractivity contribution in [3.63, 3.8) is 0 Å². The van der Waals surface area contributed by atoms with Gasteiger partial charge in [-0.15, -0.1) is 13.2 Å². The third kappa shape index (κ3) is 8.02. The number of piperazine rings is 1. The minimum Gasteiger partial charge on any atom is -0.405 e.